The third kappa shape index (κ3) is 4.89. The first-order chi connectivity index (χ1) is 15.5. The van der Waals surface area contributed by atoms with Gasteiger partial charge in [-0.25, -0.2) is 0 Å². The van der Waals surface area contributed by atoms with Gasteiger partial charge in [0.1, 0.15) is 0 Å². The third-order valence-electron chi connectivity index (χ3n) is 5.17. The molecule has 0 radical (unpaired) electrons. The van der Waals surface area contributed by atoms with Gasteiger partial charge in [-0.15, -0.1) is 10.2 Å². The Morgan fingerprint density at radius 2 is 1.75 bits per heavy atom. The van der Waals surface area contributed by atoms with Crippen LogP contribution in [-0.2, 0) is 11.2 Å². The van der Waals surface area contributed by atoms with Gasteiger partial charge >= 0.3 is 0 Å². The van der Waals surface area contributed by atoms with Gasteiger partial charge in [-0.2, -0.15) is 0 Å². The van der Waals surface area contributed by atoms with E-state index in [-0.39, 0.29) is 11.7 Å². The van der Waals surface area contributed by atoms with Crippen LogP contribution < -0.4 is 5.32 Å². The number of hydrogen-bond acceptors (Lipinski definition) is 5. The molecule has 162 valence electrons. The third-order valence-corrected chi connectivity index (χ3v) is 6.10. The Morgan fingerprint density at radius 3 is 2.47 bits per heavy atom. The van der Waals surface area contributed by atoms with Crippen molar-refractivity contribution in [2.45, 2.75) is 32.3 Å². The molecule has 2 aromatic carbocycles. The molecule has 0 aliphatic heterocycles. The number of pyridine rings is 1. The number of nitrogens with zero attached hydrogens (tertiary/aromatic N) is 4. The van der Waals surface area contributed by atoms with Gasteiger partial charge in [0.2, 0.25) is 5.91 Å². The molecule has 0 saturated carbocycles. The predicted octanol–water partition coefficient (Wildman–Crippen LogP) is 5.24. The zero-order chi connectivity index (χ0) is 22.5. The average Bonchev–Trinajstić information content (AvgIpc) is 3.25. The van der Waals surface area contributed by atoms with Crippen LogP contribution in [-0.4, -0.2) is 31.4 Å². The maximum Gasteiger partial charge on any atom is 0.234 e. The van der Waals surface area contributed by atoms with E-state index in [4.69, 9.17) is 0 Å². The highest BCUT2D eigenvalue weighted by Gasteiger charge is 2.17. The summed E-state index contributed by atoms with van der Waals surface area (Å²) in [5.41, 5.74) is 6.11. The van der Waals surface area contributed by atoms with Gasteiger partial charge in [0.15, 0.2) is 11.0 Å². The lowest BCUT2D eigenvalue weighted by atomic mass is 10.1. The van der Waals surface area contributed by atoms with Gasteiger partial charge < -0.3 is 5.32 Å². The molecule has 1 amide bonds. The Hall–Kier alpha value is -3.45. The first-order valence-electron chi connectivity index (χ1n) is 10.5. The fraction of sp³-hybridized carbons (Fsp3) is 0.200. The second kappa shape index (κ2) is 9.78. The zero-order valence-electron chi connectivity index (χ0n) is 18.4. The zero-order valence-corrected chi connectivity index (χ0v) is 19.2. The van der Waals surface area contributed by atoms with Crippen molar-refractivity contribution in [3.8, 4) is 17.1 Å². The molecule has 4 aromatic rings. The van der Waals surface area contributed by atoms with Crippen molar-refractivity contribution in [3.63, 3.8) is 0 Å². The van der Waals surface area contributed by atoms with E-state index in [1.54, 1.807) is 12.4 Å². The SMILES string of the molecule is CCc1ccc(-n2c(SCC(=O)Nc3cc(C)ccc3C)nnc2-c2ccncc2)cc1. The van der Waals surface area contributed by atoms with E-state index in [9.17, 15) is 4.79 Å². The summed E-state index contributed by atoms with van der Waals surface area (Å²) in [5.74, 6) is 0.869. The van der Waals surface area contributed by atoms with Crippen LogP contribution in [0.4, 0.5) is 5.69 Å². The Bertz CT molecular complexity index is 1220. The van der Waals surface area contributed by atoms with Crippen LogP contribution in [0.25, 0.3) is 17.1 Å². The number of hydrogen-bond donors (Lipinski definition) is 1. The molecule has 0 spiro atoms. The number of aryl methyl sites for hydroxylation is 3. The Balaban J connectivity index is 1.60. The molecular weight excluding hydrogens is 418 g/mol. The van der Waals surface area contributed by atoms with Crippen molar-refractivity contribution in [1.82, 2.24) is 19.7 Å². The molecule has 32 heavy (non-hydrogen) atoms. The minimum atomic E-state index is -0.0787. The Kier molecular flexibility index (Phi) is 6.66. The van der Waals surface area contributed by atoms with E-state index in [0.717, 1.165) is 34.5 Å². The average molecular weight is 444 g/mol. The van der Waals surface area contributed by atoms with Crippen molar-refractivity contribution in [2.24, 2.45) is 0 Å². The summed E-state index contributed by atoms with van der Waals surface area (Å²) in [5, 5.41) is 12.5. The van der Waals surface area contributed by atoms with Crippen molar-refractivity contribution >= 4 is 23.4 Å². The molecule has 0 aliphatic carbocycles. The molecule has 0 atom stereocenters. The van der Waals surface area contributed by atoms with E-state index >= 15 is 0 Å². The van der Waals surface area contributed by atoms with Crippen molar-refractivity contribution in [2.75, 3.05) is 11.1 Å². The van der Waals surface area contributed by atoms with Crippen molar-refractivity contribution in [1.29, 1.82) is 0 Å². The lowest BCUT2D eigenvalue weighted by Gasteiger charge is -2.12. The molecule has 6 nitrogen and oxygen atoms in total. The number of aromatic nitrogens is 4. The highest BCUT2D eigenvalue weighted by atomic mass is 32.2. The first-order valence-corrected chi connectivity index (χ1v) is 11.5. The topological polar surface area (TPSA) is 72.7 Å². The van der Waals surface area contributed by atoms with E-state index in [1.165, 1.54) is 17.3 Å². The molecular formula is C25H25N5OS. The summed E-state index contributed by atoms with van der Waals surface area (Å²) in [4.78, 5) is 16.8. The van der Waals surface area contributed by atoms with Crippen LogP contribution >= 0.6 is 11.8 Å². The first kappa shape index (κ1) is 21.8. The van der Waals surface area contributed by atoms with Crippen LogP contribution in [0, 0.1) is 13.8 Å². The second-order valence-corrected chi connectivity index (χ2v) is 8.50. The lowest BCUT2D eigenvalue weighted by molar-refractivity contribution is -0.113. The molecule has 0 saturated heterocycles. The van der Waals surface area contributed by atoms with Gasteiger partial charge in [-0.1, -0.05) is 43.0 Å². The van der Waals surface area contributed by atoms with Crippen LogP contribution in [0.5, 0.6) is 0 Å². The van der Waals surface area contributed by atoms with Crippen LogP contribution in [0.1, 0.15) is 23.6 Å². The van der Waals surface area contributed by atoms with Crippen LogP contribution in [0.3, 0.4) is 0 Å². The van der Waals surface area contributed by atoms with Crippen LogP contribution in [0.2, 0.25) is 0 Å². The summed E-state index contributed by atoms with van der Waals surface area (Å²) in [6.45, 7) is 6.13. The number of carbonyl (C=O) groups is 1. The number of benzene rings is 2. The fourth-order valence-electron chi connectivity index (χ4n) is 3.35. The van der Waals surface area contributed by atoms with Gasteiger partial charge in [-0.05, 0) is 67.3 Å². The lowest BCUT2D eigenvalue weighted by Crippen LogP contribution is -2.15. The molecule has 4 rings (SSSR count). The van der Waals surface area contributed by atoms with Crippen molar-refractivity contribution < 1.29 is 4.79 Å². The quantitative estimate of drug-likeness (QED) is 0.396. The number of carbonyl (C=O) groups excluding carboxylic acids is 1. The molecule has 1 N–H and O–H groups in total. The van der Waals surface area contributed by atoms with Gasteiger partial charge in [0.25, 0.3) is 0 Å². The van der Waals surface area contributed by atoms with E-state index in [2.05, 4.69) is 51.7 Å². The van der Waals surface area contributed by atoms with Gasteiger partial charge in [-0.3, -0.25) is 14.3 Å². The summed E-state index contributed by atoms with van der Waals surface area (Å²) < 4.78 is 1.99. The number of thioether (sulfide) groups is 1. The number of rotatable bonds is 7. The van der Waals surface area contributed by atoms with Crippen molar-refractivity contribution in [3.05, 3.63) is 83.7 Å². The molecule has 2 heterocycles. The normalized spacial score (nSPS) is 10.8. The van der Waals surface area contributed by atoms with E-state index in [0.29, 0.717) is 11.0 Å². The monoisotopic (exact) mass is 443 g/mol. The molecule has 0 fully saturated rings. The van der Waals surface area contributed by atoms with E-state index < -0.39 is 0 Å². The maximum absolute atomic E-state index is 12.7. The number of nitrogens with one attached hydrogen (secondary N) is 1. The summed E-state index contributed by atoms with van der Waals surface area (Å²) >= 11 is 1.37. The maximum atomic E-state index is 12.7. The predicted molar refractivity (Wildman–Crippen MR) is 129 cm³/mol. The largest absolute Gasteiger partial charge is 0.325 e. The standard InChI is InChI=1S/C25H25N5OS/c1-4-19-7-9-21(10-8-19)30-24(20-11-13-26-14-12-20)28-29-25(30)32-16-23(31)27-22-15-17(2)5-6-18(22)3/h5-15H,4,16H2,1-3H3,(H,27,31). The highest BCUT2D eigenvalue weighted by Crippen LogP contribution is 2.28. The number of amides is 1. The number of anilines is 1. The molecule has 0 aliphatic rings. The fourth-order valence-corrected chi connectivity index (χ4v) is 4.10. The van der Waals surface area contributed by atoms with Gasteiger partial charge in [0, 0.05) is 29.3 Å². The smallest absolute Gasteiger partial charge is 0.234 e. The Morgan fingerprint density at radius 1 is 1.00 bits per heavy atom. The minimum absolute atomic E-state index is 0.0787. The minimum Gasteiger partial charge on any atom is -0.325 e. The second-order valence-electron chi connectivity index (χ2n) is 7.55. The molecule has 0 bridgehead atoms. The summed E-state index contributed by atoms with van der Waals surface area (Å²) in [7, 11) is 0. The summed E-state index contributed by atoms with van der Waals surface area (Å²) in [6.07, 6.45) is 4.44. The van der Waals surface area contributed by atoms with Gasteiger partial charge in [0.05, 0.1) is 5.75 Å². The van der Waals surface area contributed by atoms with Crippen LogP contribution in [0.15, 0.2) is 72.1 Å². The molecule has 0 unspecified atom stereocenters. The Labute approximate surface area is 192 Å². The molecule has 2 aromatic heterocycles. The summed E-state index contributed by atoms with van der Waals surface area (Å²) in [6, 6.07) is 18.2. The van der Waals surface area contributed by atoms with E-state index in [1.807, 2.05) is 48.7 Å². The highest BCUT2D eigenvalue weighted by molar-refractivity contribution is 7.99. The molecule has 7 heteroatoms.